The van der Waals surface area contributed by atoms with Gasteiger partial charge in [-0.1, -0.05) is 0 Å². The molecule has 0 fully saturated rings. The minimum absolute atomic E-state index is 0.130. The molecule has 1 N–H and O–H groups in total. The zero-order valence-electron chi connectivity index (χ0n) is 17.0. The first-order valence-electron chi connectivity index (χ1n) is 9.64. The first-order chi connectivity index (χ1) is 13.9. The lowest BCUT2D eigenvalue weighted by Gasteiger charge is -2.30. The fourth-order valence-corrected chi connectivity index (χ4v) is 3.31. The van der Waals surface area contributed by atoms with Gasteiger partial charge in [0.25, 0.3) is 5.91 Å². The highest BCUT2D eigenvalue weighted by Crippen LogP contribution is 2.28. The Morgan fingerprint density at radius 3 is 2.66 bits per heavy atom. The van der Waals surface area contributed by atoms with Crippen molar-refractivity contribution in [3.05, 3.63) is 47.4 Å². The van der Waals surface area contributed by atoms with Gasteiger partial charge < -0.3 is 10.2 Å². The minimum Gasteiger partial charge on any atom is -0.367 e. The number of carbonyl (C=O) groups is 1. The molecule has 0 saturated heterocycles. The lowest BCUT2D eigenvalue weighted by Crippen LogP contribution is -2.37. The zero-order chi connectivity index (χ0) is 20.5. The summed E-state index contributed by atoms with van der Waals surface area (Å²) in [6.07, 6.45) is 7.46. The molecule has 150 valence electrons. The van der Waals surface area contributed by atoms with Crippen LogP contribution in [0.3, 0.4) is 0 Å². The van der Waals surface area contributed by atoms with E-state index in [1.165, 1.54) is 6.20 Å². The monoisotopic (exact) mass is 392 g/mol. The van der Waals surface area contributed by atoms with E-state index >= 15 is 0 Å². The third-order valence-electron chi connectivity index (χ3n) is 4.74. The van der Waals surface area contributed by atoms with Gasteiger partial charge in [0.15, 0.2) is 5.82 Å². The molecule has 1 aliphatic rings. The Hall–Kier alpha value is -3.36. The van der Waals surface area contributed by atoms with Crippen molar-refractivity contribution in [1.29, 1.82) is 0 Å². The Morgan fingerprint density at radius 1 is 1.17 bits per heavy atom. The van der Waals surface area contributed by atoms with E-state index in [0.717, 1.165) is 28.3 Å². The van der Waals surface area contributed by atoms with Gasteiger partial charge in [-0.3, -0.25) is 14.5 Å². The number of nitrogens with zero attached hydrogens (tertiary/aromatic N) is 7. The van der Waals surface area contributed by atoms with Crippen molar-refractivity contribution < 1.29 is 4.79 Å². The Bertz CT molecular complexity index is 1040. The number of carbonyl (C=O) groups excluding carboxylic acids is 1. The number of hydrogen-bond acceptors (Lipinski definition) is 7. The highest BCUT2D eigenvalue weighted by Gasteiger charge is 2.27. The van der Waals surface area contributed by atoms with Gasteiger partial charge in [0, 0.05) is 44.0 Å². The van der Waals surface area contributed by atoms with E-state index in [0.29, 0.717) is 31.0 Å². The Labute approximate surface area is 169 Å². The van der Waals surface area contributed by atoms with Crippen LogP contribution in [0.5, 0.6) is 0 Å². The summed E-state index contributed by atoms with van der Waals surface area (Å²) in [6.45, 7) is 6.98. The molecule has 4 rings (SSSR count). The number of nitrogens with one attached hydrogen (secondary N) is 1. The molecular weight excluding hydrogens is 368 g/mol. The van der Waals surface area contributed by atoms with Gasteiger partial charge in [0.2, 0.25) is 0 Å². The maximum absolute atomic E-state index is 12.9. The normalized spacial score (nSPS) is 13.5. The maximum atomic E-state index is 12.9. The Balaban J connectivity index is 1.67. The average Bonchev–Trinajstić information content (AvgIpc) is 3.13. The van der Waals surface area contributed by atoms with E-state index in [4.69, 9.17) is 9.97 Å². The van der Waals surface area contributed by atoms with Crippen molar-refractivity contribution in [3.8, 4) is 11.4 Å². The second-order valence-corrected chi connectivity index (χ2v) is 7.54. The van der Waals surface area contributed by atoms with Crippen LogP contribution in [0.15, 0.2) is 24.8 Å². The summed E-state index contributed by atoms with van der Waals surface area (Å²) < 4.78 is 1.73. The molecule has 0 bridgehead atoms. The summed E-state index contributed by atoms with van der Waals surface area (Å²) in [5.41, 5.74) is 3.92. The van der Waals surface area contributed by atoms with Gasteiger partial charge >= 0.3 is 0 Å². The van der Waals surface area contributed by atoms with Gasteiger partial charge in [0.05, 0.1) is 35.9 Å². The van der Waals surface area contributed by atoms with Crippen molar-refractivity contribution in [1.82, 2.24) is 34.6 Å². The fraction of sp³-hybridized carbons (Fsp3) is 0.400. The Kier molecular flexibility index (Phi) is 4.96. The van der Waals surface area contributed by atoms with E-state index < -0.39 is 0 Å². The summed E-state index contributed by atoms with van der Waals surface area (Å²) in [6, 6.07) is 0.199. The molecule has 0 atom stereocenters. The number of anilines is 1. The van der Waals surface area contributed by atoms with Gasteiger partial charge in [-0.15, -0.1) is 0 Å². The largest absolute Gasteiger partial charge is 0.367 e. The standard InChI is InChI=1S/C20H24N8O/c1-12(2)24-19-15-11-28(20(29)17-9-21-13(3)7-22-17)6-5-16(15)25-18(26-19)14-8-23-27(4)10-14/h7-10,12H,5-6,11H2,1-4H3,(H,24,25,26). The van der Waals surface area contributed by atoms with Crippen LogP contribution in [0.1, 0.15) is 41.3 Å². The van der Waals surface area contributed by atoms with Gasteiger partial charge in [-0.25, -0.2) is 15.0 Å². The number of fused-ring (bicyclic) bond motifs is 1. The summed E-state index contributed by atoms with van der Waals surface area (Å²) in [5, 5.41) is 7.63. The molecule has 0 aliphatic carbocycles. The lowest BCUT2D eigenvalue weighted by molar-refractivity contribution is 0.0727. The van der Waals surface area contributed by atoms with Gasteiger partial charge in [0.1, 0.15) is 11.5 Å². The average molecular weight is 392 g/mol. The van der Waals surface area contributed by atoms with Crippen LogP contribution < -0.4 is 5.32 Å². The van der Waals surface area contributed by atoms with Crippen molar-refractivity contribution in [2.24, 2.45) is 7.05 Å². The summed E-state index contributed by atoms with van der Waals surface area (Å²) >= 11 is 0. The molecular formula is C20H24N8O. The second-order valence-electron chi connectivity index (χ2n) is 7.54. The highest BCUT2D eigenvalue weighted by atomic mass is 16.2. The molecule has 0 unspecified atom stereocenters. The van der Waals surface area contributed by atoms with Crippen LogP contribution in [-0.4, -0.2) is 53.1 Å². The van der Waals surface area contributed by atoms with Gasteiger partial charge in [-0.2, -0.15) is 5.10 Å². The first-order valence-corrected chi connectivity index (χ1v) is 9.64. The quantitative estimate of drug-likeness (QED) is 0.724. The van der Waals surface area contributed by atoms with Gasteiger partial charge in [-0.05, 0) is 20.8 Å². The number of aryl methyl sites for hydroxylation is 2. The van der Waals surface area contributed by atoms with E-state index in [2.05, 4.69) is 34.2 Å². The zero-order valence-corrected chi connectivity index (χ0v) is 17.0. The Morgan fingerprint density at radius 2 is 2.00 bits per heavy atom. The number of aromatic nitrogens is 6. The predicted molar refractivity (Wildman–Crippen MR) is 108 cm³/mol. The van der Waals surface area contributed by atoms with Crippen molar-refractivity contribution in [3.63, 3.8) is 0 Å². The third kappa shape index (κ3) is 3.94. The van der Waals surface area contributed by atoms with E-state index in [1.54, 1.807) is 22.0 Å². The molecule has 0 radical (unpaired) electrons. The topological polar surface area (TPSA) is 102 Å². The van der Waals surface area contributed by atoms with E-state index in [1.807, 2.05) is 20.2 Å². The first kappa shape index (κ1) is 19.0. The smallest absolute Gasteiger partial charge is 0.274 e. The second kappa shape index (κ2) is 7.57. The van der Waals surface area contributed by atoms with E-state index in [-0.39, 0.29) is 11.9 Å². The molecule has 9 nitrogen and oxygen atoms in total. The van der Waals surface area contributed by atoms with Crippen LogP contribution in [0, 0.1) is 6.92 Å². The summed E-state index contributed by atoms with van der Waals surface area (Å²) in [5.74, 6) is 1.27. The molecule has 0 saturated carbocycles. The molecule has 1 aliphatic heterocycles. The van der Waals surface area contributed by atoms with Crippen molar-refractivity contribution >= 4 is 11.7 Å². The van der Waals surface area contributed by atoms with Crippen LogP contribution in [0.25, 0.3) is 11.4 Å². The molecule has 3 aromatic heterocycles. The minimum atomic E-state index is -0.130. The highest BCUT2D eigenvalue weighted by molar-refractivity contribution is 5.92. The van der Waals surface area contributed by atoms with Crippen molar-refractivity contribution in [2.45, 2.75) is 39.8 Å². The number of rotatable bonds is 4. The lowest BCUT2D eigenvalue weighted by atomic mass is 10.0. The molecule has 4 heterocycles. The fourth-order valence-electron chi connectivity index (χ4n) is 3.31. The molecule has 9 heteroatoms. The van der Waals surface area contributed by atoms with Crippen LogP contribution in [0.2, 0.25) is 0 Å². The SMILES string of the molecule is Cc1cnc(C(=O)N2CCc3nc(-c4cnn(C)c4)nc(NC(C)C)c3C2)cn1. The van der Waals surface area contributed by atoms with Crippen LogP contribution in [0.4, 0.5) is 5.82 Å². The van der Waals surface area contributed by atoms with Crippen LogP contribution in [-0.2, 0) is 20.0 Å². The molecule has 29 heavy (non-hydrogen) atoms. The predicted octanol–water partition coefficient (Wildman–Crippen LogP) is 1.99. The molecule has 1 amide bonds. The maximum Gasteiger partial charge on any atom is 0.274 e. The van der Waals surface area contributed by atoms with E-state index in [9.17, 15) is 4.79 Å². The summed E-state index contributed by atoms with van der Waals surface area (Å²) in [4.78, 5) is 32.6. The molecule has 0 spiro atoms. The third-order valence-corrected chi connectivity index (χ3v) is 4.74. The molecule has 3 aromatic rings. The number of amides is 1. The van der Waals surface area contributed by atoms with Crippen molar-refractivity contribution in [2.75, 3.05) is 11.9 Å². The molecule has 0 aromatic carbocycles. The number of hydrogen-bond donors (Lipinski definition) is 1. The van der Waals surface area contributed by atoms with Crippen LogP contribution >= 0.6 is 0 Å². The summed E-state index contributed by atoms with van der Waals surface area (Å²) in [7, 11) is 1.87.